The Labute approximate surface area is 163 Å². The second-order valence-electron chi connectivity index (χ2n) is 5.63. The Balaban J connectivity index is 0. The molecule has 1 fully saturated rings. The van der Waals surface area contributed by atoms with Gasteiger partial charge < -0.3 is 16.0 Å². The molecule has 1 aromatic carbocycles. The molecule has 1 unspecified atom stereocenters. The van der Waals surface area contributed by atoms with E-state index in [1.165, 1.54) is 5.56 Å². The summed E-state index contributed by atoms with van der Waals surface area (Å²) in [6.07, 6.45) is 0.957. The summed E-state index contributed by atoms with van der Waals surface area (Å²) in [4.78, 5) is 16.0. The van der Waals surface area contributed by atoms with Crippen molar-refractivity contribution < 1.29 is 4.79 Å². The van der Waals surface area contributed by atoms with Crippen LogP contribution >= 0.6 is 37.2 Å². The van der Waals surface area contributed by atoms with Crippen LogP contribution in [0.4, 0.5) is 0 Å². The molecule has 0 aromatic heterocycles. The number of carbonyl (C=O) groups is 1. The van der Waals surface area contributed by atoms with Crippen LogP contribution in [0.25, 0.3) is 0 Å². The molecule has 1 aromatic rings. The summed E-state index contributed by atoms with van der Waals surface area (Å²) in [5.74, 6) is -0.0759. The van der Waals surface area contributed by atoms with Crippen LogP contribution < -0.4 is 11.1 Å². The maximum absolute atomic E-state index is 11.1. The number of likely N-dealkylation sites (N-methyl/N-ethyl adjacent to an activating group) is 1. The van der Waals surface area contributed by atoms with Crippen LogP contribution in [0.5, 0.6) is 0 Å². The van der Waals surface area contributed by atoms with Gasteiger partial charge in [0.05, 0.1) is 6.54 Å². The number of hydrogen-bond donors (Lipinski definition) is 2. The Hall–Kier alpha value is -0.560. The number of carbonyl (C=O) groups excluding carboxylic acids is 1. The standard InChI is InChI=1S/C16H26N4O.3ClH/c1-19-10-11-20(9-5-8-18-16(21)12-17)15(13-19)14-6-3-2-4-7-14;;;/h2-4,6-7,15H,5,8-13,17H2,1H3,(H,18,21);3*1H. The number of halogens is 3. The zero-order valence-electron chi connectivity index (χ0n) is 14.0. The first-order chi connectivity index (χ1) is 10.2. The molecular weight excluding hydrogens is 371 g/mol. The Kier molecular flexibility index (Phi) is 14.7. The van der Waals surface area contributed by atoms with Crippen molar-refractivity contribution in [1.82, 2.24) is 15.1 Å². The van der Waals surface area contributed by atoms with Crippen LogP contribution in [0, 0.1) is 0 Å². The van der Waals surface area contributed by atoms with E-state index in [1.807, 2.05) is 0 Å². The maximum Gasteiger partial charge on any atom is 0.233 e. The van der Waals surface area contributed by atoms with Crippen molar-refractivity contribution >= 4 is 43.1 Å². The van der Waals surface area contributed by atoms with E-state index in [0.29, 0.717) is 12.6 Å². The highest BCUT2D eigenvalue weighted by atomic mass is 35.5. The van der Waals surface area contributed by atoms with Gasteiger partial charge in [0.1, 0.15) is 0 Å². The number of nitrogens with two attached hydrogens (primary N) is 1. The number of benzene rings is 1. The number of nitrogens with zero attached hydrogens (tertiary/aromatic N) is 2. The molecule has 1 aliphatic heterocycles. The van der Waals surface area contributed by atoms with Crippen molar-refractivity contribution in [3.8, 4) is 0 Å². The lowest BCUT2D eigenvalue weighted by Gasteiger charge is -2.40. The van der Waals surface area contributed by atoms with Crippen molar-refractivity contribution in [3.63, 3.8) is 0 Å². The smallest absolute Gasteiger partial charge is 0.233 e. The zero-order valence-corrected chi connectivity index (χ0v) is 16.5. The lowest BCUT2D eigenvalue weighted by atomic mass is 10.0. The lowest BCUT2D eigenvalue weighted by Crippen LogP contribution is -2.47. The van der Waals surface area contributed by atoms with Crippen LogP contribution in [0.2, 0.25) is 0 Å². The third kappa shape index (κ3) is 8.01. The van der Waals surface area contributed by atoms with Gasteiger partial charge in [-0.25, -0.2) is 0 Å². The molecule has 1 heterocycles. The molecule has 140 valence electrons. The van der Waals surface area contributed by atoms with E-state index in [9.17, 15) is 4.79 Å². The minimum Gasteiger partial charge on any atom is -0.355 e. The van der Waals surface area contributed by atoms with Gasteiger partial charge in [0.15, 0.2) is 0 Å². The molecule has 0 spiro atoms. The van der Waals surface area contributed by atoms with Gasteiger partial charge in [-0.1, -0.05) is 30.3 Å². The monoisotopic (exact) mass is 398 g/mol. The van der Waals surface area contributed by atoms with Crippen LogP contribution in [-0.2, 0) is 4.79 Å². The van der Waals surface area contributed by atoms with Gasteiger partial charge in [-0.05, 0) is 19.0 Å². The molecule has 2 rings (SSSR count). The van der Waals surface area contributed by atoms with Crippen LogP contribution in [0.1, 0.15) is 18.0 Å². The maximum atomic E-state index is 11.1. The van der Waals surface area contributed by atoms with Gasteiger partial charge >= 0.3 is 0 Å². The van der Waals surface area contributed by atoms with E-state index in [1.54, 1.807) is 0 Å². The Morgan fingerprint density at radius 1 is 1.21 bits per heavy atom. The average molecular weight is 400 g/mol. The fraction of sp³-hybridized carbons (Fsp3) is 0.562. The van der Waals surface area contributed by atoms with E-state index < -0.39 is 0 Å². The summed E-state index contributed by atoms with van der Waals surface area (Å²) in [7, 11) is 2.18. The van der Waals surface area contributed by atoms with E-state index >= 15 is 0 Å². The van der Waals surface area contributed by atoms with Crippen molar-refractivity contribution in [2.75, 3.05) is 46.3 Å². The Morgan fingerprint density at radius 2 is 1.88 bits per heavy atom. The number of amides is 1. The Morgan fingerprint density at radius 3 is 2.50 bits per heavy atom. The molecular formula is C16H29Cl3N4O. The Bertz CT molecular complexity index is 450. The SMILES string of the molecule is CN1CCN(CCCNC(=O)CN)C(c2ccccc2)C1.Cl.Cl.Cl. The van der Waals surface area contributed by atoms with Gasteiger partial charge in [0.25, 0.3) is 0 Å². The largest absolute Gasteiger partial charge is 0.355 e. The van der Waals surface area contributed by atoms with Gasteiger partial charge in [-0.3, -0.25) is 9.69 Å². The average Bonchev–Trinajstić information content (AvgIpc) is 2.53. The topological polar surface area (TPSA) is 61.6 Å². The molecule has 1 amide bonds. The molecule has 5 nitrogen and oxygen atoms in total. The van der Waals surface area contributed by atoms with Crippen molar-refractivity contribution in [1.29, 1.82) is 0 Å². The van der Waals surface area contributed by atoms with E-state index in [0.717, 1.165) is 32.6 Å². The number of rotatable bonds is 6. The predicted octanol–water partition coefficient (Wildman–Crippen LogP) is 1.71. The zero-order chi connectivity index (χ0) is 15.1. The molecule has 24 heavy (non-hydrogen) atoms. The summed E-state index contributed by atoms with van der Waals surface area (Å²) in [6.45, 7) is 4.99. The summed E-state index contributed by atoms with van der Waals surface area (Å²) in [5, 5.41) is 2.83. The van der Waals surface area contributed by atoms with E-state index in [2.05, 4.69) is 52.5 Å². The van der Waals surface area contributed by atoms with Gasteiger partial charge in [-0.15, -0.1) is 37.2 Å². The van der Waals surface area contributed by atoms with Crippen molar-refractivity contribution in [2.24, 2.45) is 5.73 Å². The summed E-state index contributed by atoms with van der Waals surface area (Å²) < 4.78 is 0. The van der Waals surface area contributed by atoms with E-state index in [4.69, 9.17) is 5.73 Å². The van der Waals surface area contributed by atoms with Crippen LogP contribution in [-0.4, -0.2) is 62.0 Å². The summed E-state index contributed by atoms with van der Waals surface area (Å²) in [6, 6.07) is 11.1. The van der Waals surface area contributed by atoms with Crippen molar-refractivity contribution in [3.05, 3.63) is 35.9 Å². The predicted molar refractivity (Wildman–Crippen MR) is 107 cm³/mol. The highest BCUT2D eigenvalue weighted by Crippen LogP contribution is 2.24. The molecule has 3 N–H and O–H groups in total. The third-order valence-electron chi connectivity index (χ3n) is 4.01. The lowest BCUT2D eigenvalue weighted by molar-refractivity contribution is -0.119. The highest BCUT2D eigenvalue weighted by molar-refractivity contribution is 5.86. The molecule has 1 atom stereocenters. The molecule has 1 aliphatic rings. The molecule has 0 bridgehead atoms. The fourth-order valence-corrected chi connectivity index (χ4v) is 2.80. The molecule has 8 heteroatoms. The van der Waals surface area contributed by atoms with Gasteiger partial charge in [0, 0.05) is 38.8 Å². The molecule has 0 radical (unpaired) electrons. The minimum absolute atomic E-state index is 0. The normalized spacial score (nSPS) is 17.8. The number of hydrogen-bond acceptors (Lipinski definition) is 4. The number of nitrogens with one attached hydrogen (secondary N) is 1. The quantitative estimate of drug-likeness (QED) is 0.715. The van der Waals surface area contributed by atoms with Gasteiger partial charge in [0.2, 0.25) is 5.91 Å². The molecule has 1 saturated heterocycles. The van der Waals surface area contributed by atoms with E-state index in [-0.39, 0.29) is 49.7 Å². The van der Waals surface area contributed by atoms with Crippen LogP contribution in [0.3, 0.4) is 0 Å². The number of piperazine rings is 1. The molecule has 0 saturated carbocycles. The second kappa shape index (κ2) is 13.7. The van der Waals surface area contributed by atoms with Crippen molar-refractivity contribution in [2.45, 2.75) is 12.5 Å². The van der Waals surface area contributed by atoms with Gasteiger partial charge in [-0.2, -0.15) is 0 Å². The first-order valence-electron chi connectivity index (χ1n) is 7.65. The third-order valence-corrected chi connectivity index (χ3v) is 4.01. The second-order valence-corrected chi connectivity index (χ2v) is 5.63. The molecule has 0 aliphatic carbocycles. The minimum atomic E-state index is -0.0759. The first kappa shape index (κ1) is 25.7. The summed E-state index contributed by atoms with van der Waals surface area (Å²) >= 11 is 0. The fourth-order valence-electron chi connectivity index (χ4n) is 2.80. The van der Waals surface area contributed by atoms with Crippen LogP contribution in [0.15, 0.2) is 30.3 Å². The highest BCUT2D eigenvalue weighted by Gasteiger charge is 2.25. The summed E-state index contributed by atoms with van der Waals surface area (Å²) in [5.41, 5.74) is 6.65. The first-order valence-corrected chi connectivity index (χ1v) is 7.65.